The van der Waals surface area contributed by atoms with Gasteiger partial charge in [0, 0.05) is 6.42 Å². The summed E-state index contributed by atoms with van der Waals surface area (Å²) < 4.78 is 0. The van der Waals surface area contributed by atoms with Crippen LogP contribution in [0.4, 0.5) is 0 Å². The van der Waals surface area contributed by atoms with Crippen LogP contribution in [0.1, 0.15) is 41.0 Å². The van der Waals surface area contributed by atoms with Gasteiger partial charge in [0.1, 0.15) is 0 Å². The molecule has 0 aliphatic rings. The van der Waals surface area contributed by atoms with Gasteiger partial charge in [0.15, 0.2) is 0 Å². The molecule has 0 heterocycles. The molecule has 1 atom stereocenters. The molecule has 0 aliphatic carbocycles. The van der Waals surface area contributed by atoms with Crippen molar-refractivity contribution in [1.82, 2.24) is 5.32 Å². The fourth-order valence-electron chi connectivity index (χ4n) is 0.886. The van der Waals surface area contributed by atoms with Gasteiger partial charge in [-0.05, 0) is 26.7 Å². The van der Waals surface area contributed by atoms with E-state index in [1.165, 1.54) is 0 Å². The third kappa shape index (κ3) is 4.88. The fourth-order valence-corrected chi connectivity index (χ4v) is 0.886. The van der Waals surface area contributed by atoms with E-state index in [2.05, 4.69) is 5.32 Å². The Morgan fingerprint density at radius 1 is 1.38 bits per heavy atom. The van der Waals surface area contributed by atoms with Crippen LogP contribution in [0, 0.1) is 5.92 Å². The lowest BCUT2D eigenvalue weighted by Crippen LogP contribution is -2.51. The van der Waals surface area contributed by atoms with Crippen molar-refractivity contribution in [2.75, 3.05) is 0 Å². The number of carbonyl (C=O) groups excluding carboxylic acids is 1. The van der Waals surface area contributed by atoms with Crippen LogP contribution in [-0.4, -0.2) is 22.7 Å². The van der Waals surface area contributed by atoms with E-state index in [1.807, 2.05) is 27.7 Å². The topological polar surface area (TPSA) is 49.3 Å². The highest BCUT2D eigenvalue weighted by atomic mass is 16.3. The Bertz CT molecular complexity index is 174. The van der Waals surface area contributed by atoms with E-state index in [-0.39, 0.29) is 5.91 Å². The van der Waals surface area contributed by atoms with E-state index in [0.29, 0.717) is 12.3 Å². The quantitative estimate of drug-likeness (QED) is 0.697. The summed E-state index contributed by atoms with van der Waals surface area (Å²) in [4.78, 5) is 11.4. The Kier molecular flexibility index (Phi) is 4.40. The largest absolute Gasteiger partial charge is 0.391 e. The van der Waals surface area contributed by atoms with Gasteiger partial charge in [-0.3, -0.25) is 4.79 Å². The maximum atomic E-state index is 11.4. The highest BCUT2D eigenvalue weighted by Gasteiger charge is 2.25. The second-order valence-electron chi connectivity index (χ2n) is 4.54. The molecule has 0 aromatic rings. The summed E-state index contributed by atoms with van der Waals surface area (Å²) in [6, 6.07) is 0. The number of hydrogen-bond acceptors (Lipinski definition) is 2. The molecule has 2 N–H and O–H groups in total. The highest BCUT2D eigenvalue weighted by Crippen LogP contribution is 2.09. The first kappa shape index (κ1) is 12.4. The maximum absolute atomic E-state index is 11.4. The van der Waals surface area contributed by atoms with Crippen molar-refractivity contribution in [3.8, 4) is 0 Å². The lowest BCUT2D eigenvalue weighted by atomic mass is 9.98. The minimum absolute atomic E-state index is 0.000833. The predicted octanol–water partition coefficient (Wildman–Crippen LogP) is 1.31. The molecule has 0 radical (unpaired) electrons. The summed E-state index contributed by atoms with van der Waals surface area (Å²) in [5, 5.41) is 12.1. The van der Waals surface area contributed by atoms with Crippen molar-refractivity contribution in [3.63, 3.8) is 0 Å². The molecule has 3 nitrogen and oxygen atoms in total. The minimum atomic E-state index is -0.538. The standard InChI is InChI=1S/C10H21NO2/c1-7(2)6-9(13)11-10(4,5)8(3)12/h7-8,12H,6H2,1-5H3,(H,11,13). The van der Waals surface area contributed by atoms with Gasteiger partial charge in [-0.1, -0.05) is 13.8 Å². The Morgan fingerprint density at radius 2 is 1.85 bits per heavy atom. The first-order chi connectivity index (χ1) is 5.75. The molecule has 0 bridgehead atoms. The van der Waals surface area contributed by atoms with Crippen molar-refractivity contribution >= 4 is 5.91 Å². The molecule has 1 unspecified atom stereocenters. The Labute approximate surface area is 80.5 Å². The normalized spacial score (nSPS) is 14.4. The summed E-state index contributed by atoms with van der Waals surface area (Å²) in [5.41, 5.74) is -0.536. The molecule has 0 aromatic heterocycles. The van der Waals surface area contributed by atoms with E-state index >= 15 is 0 Å². The molecule has 13 heavy (non-hydrogen) atoms. The molecule has 0 aromatic carbocycles. The zero-order valence-corrected chi connectivity index (χ0v) is 9.22. The molecule has 1 amide bonds. The van der Waals surface area contributed by atoms with Gasteiger partial charge in [0.25, 0.3) is 0 Å². The van der Waals surface area contributed by atoms with E-state index in [0.717, 1.165) is 0 Å². The summed E-state index contributed by atoms with van der Waals surface area (Å²) >= 11 is 0. The van der Waals surface area contributed by atoms with Gasteiger partial charge >= 0.3 is 0 Å². The SMILES string of the molecule is CC(C)CC(=O)NC(C)(C)C(C)O. The summed E-state index contributed by atoms with van der Waals surface area (Å²) in [6.07, 6.45) is -0.0283. The van der Waals surface area contributed by atoms with Gasteiger partial charge in [-0.15, -0.1) is 0 Å². The second kappa shape index (κ2) is 4.61. The molecular weight excluding hydrogens is 166 g/mol. The molecule has 78 valence electrons. The minimum Gasteiger partial charge on any atom is -0.391 e. The number of hydrogen-bond donors (Lipinski definition) is 2. The van der Waals surface area contributed by atoms with Gasteiger partial charge in [0.2, 0.25) is 5.91 Å². The number of carbonyl (C=O) groups is 1. The van der Waals surface area contributed by atoms with Crippen LogP contribution in [0.5, 0.6) is 0 Å². The average Bonchev–Trinajstić information content (AvgIpc) is 1.82. The number of aliphatic hydroxyl groups is 1. The molecule has 0 rings (SSSR count). The lowest BCUT2D eigenvalue weighted by molar-refractivity contribution is -0.124. The van der Waals surface area contributed by atoms with Crippen LogP contribution in [0.2, 0.25) is 0 Å². The number of nitrogens with one attached hydrogen (secondary N) is 1. The number of rotatable bonds is 4. The van der Waals surface area contributed by atoms with Crippen molar-refractivity contribution in [2.24, 2.45) is 5.92 Å². The number of amides is 1. The summed E-state index contributed by atoms with van der Waals surface area (Å²) in [7, 11) is 0. The lowest BCUT2D eigenvalue weighted by Gasteiger charge is -2.29. The molecule has 0 saturated carbocycles. The van der Waals surface area contributed by atoms with Crippen molar-refractivity contribution < 1.29 is 9.90 Å². The zero-order valence-electron chi connectivity index (χ0n) is 9.22. The van der Waals surface area contributed by atoms with E-state index < -0.39 is 11.6 Å². The van der Waals surface area contributed by atoms with Gasteiger partial charge in [0.05, 0.1) is 11.6 Å². The zero-order chi connectivity index (χ0) is 10.6. The van der Waals surface area contributed by atoms with Crippen LogP contribution in [0.3, 0.4) is 0 Å². The van der Waals surface area contributed by atoms with Gasteiger partial charge in [-0.25, -0.2) is 0 Å². The fraction of sp³-hybridized carbons (Fsp3) is 0.900. The van der Waals surface area contributed by atoms with E-state index in [4.69, 9.17) is 0 Å². The Hall–Kier alpha value is -0.570. The monoisotopic (exact) mass is 187 g/mol. The van der Waals surface area contributed by atoms with Gasteiger partial charge in [-0.2, -0.15) is 0 Å². The van der Waals surface area contributed by atoms with Crippen molar-refractivity contribution in [2.45, 2.75) is 52.7 Å². The Balaban J connectivity index is 4.05. The molecule has 0 spiro atoms. The van der Waals surface area contributed by atoms with Crippen molar-refractivity contribution in [1.29, 1.82) is 0 Å². The predicted molar refractivity (Wildman–Crippen MR) is 53.4 cm³/mol. The third-order valence-electron chi connectivity index (χ3n) is 2.10. The molecule has 0 fully saturated rings. The van der Waals surface area contributed by atoms with Gasteiger partial charge < -0.3 is 10.4 Å². The van der Waals surface area contributed by atoms with Crippen LogP contribution in [0.25, 0.3) is 0 Å². The third-order valence-corrected chi connectivity index (χ3v) is 2.10. The van der Waals surface area contributed by atoms with Crippen LogP contribution in [0.15, 0.2) is 0 Å². The molecule has 3 heteroatoms. The van der Waals surface area contributed by atoms with Crippen LogP contribution < -0.4 is 5.32 Å². The molecule has 0 aliphatic heterocycles. The van der Waals surface area contributed by atoms with E-state index in [1.54, 1.807) is 6.92 Å². The smallest absolute Gasteiger partial charge is 0.220 e. The summed E-state index contributed by atoms with van der Waals surface area (Å²) in [6.45, 7) is 9.30. The van der Waals surface area contributed by atoms with Crippen LogP contribution >= 0.6 is 0 Å². The second-order valence-corrected chi connectivity index (χ2v) is 4.54. The van der Waals surface area contributed by atoms with Crippen LogP contribution in [-0.2, 0) is 4.79 Å². The molecule has 0 saturated heterocycles. The Morgan fingerprint density at radius 3 is 2.15 bits per heavy atom. The van der Waals surface area contributed by atoms with E-state index in [9.17, 15) is 9.90 Å². The average molecular weight is 187 g/mol. The molecular formula is C10H21NO2. The van der Waals surface area contributed by atoms with Crippen molar-refractivity contribution in [3.05, 3.63) is 0 Å². The summed E-state index contributed by atoms with van der Waals surface area (Å²) in [5.74, 6) is 0.352. The first-order valence-corrected chi connectivity index (χ1v) is 4.74. The maximum Gasteiger partial charge on any atom is 0.220 e. The highest BCUT2D eigenvalue weighted by molar-refractivity contribution is 5.76. The number of aliphatic hydroxyl groups excluding tert-OH is 1. The first-order valence-electron chi connectivity index (χ1n) is 4.74.